The third-order valence-corrected chi connectivity index (χ3v) is 3.44. The van der Waals surface area contributed by atoms with Gasteiger partial charge in [-0.1, -0.05) is 6.07 Å². The number of hydrogen-bond donors (Lipinski definition) is 1. The Balaban J connectivity index is 0.00000147. The Kier molecular flexibility index (Phi) is 5.11. The van der Waals surface area contributed by atoms with Gasteiger partial charge in [-0.15, -0.1) is 12.4 Å². The molecule has 1 aliphatic heterocycles. The van der Waals surface area contributed by atoms with Gasteiger partial charge < -0.3 is 5.32 Å². The minimum absolute atomic E-state index is 0. The van der Waals surface area contributed by atoms with Crippen LogP contribution in [0.3, 0.4) is 0 Å². The van der Waals surface area contributed by atoms with Crippen molar-refractivity contribution in [3.8, 4) is 5.82 Å². The predicted molar refractivity (Wildman–Crippen MR) is 81.3 cm³/mol. The molecule has 1 atom stereocenters. The van der Waals surface area contributed by atoms with Crippen LogP contribution in [-0.2, 0) is 6.54 Å². The number of nitrogens with zero attached hydrogens (tertiary/aromatic N) is 4. The quantitative estimate of drug-likeness (QED) is 0.931. The molecule has 2 aromatic heterocycles. The Morgan fingerprint density at radius 1 is 1.40 bits per heavy atom. The zero-order valence-corrected chi connectivity index (χ0v) is 12.4. The van der Waals surface area contributed by atoms with Crippen molar-refractivity contribution in [2.75, 3.05) is 19.6 Å². The van der Waals surface area contributed by atoms with Crippen molar-refractivity contribution in [2.24, 2.45) is 0 Å². The number of aromatic nitrogens is 3. The Hall–Kier alpha value is -1.43. The molecular weight excluding hydrogens is 274 g/mol. The van der Waals surface area contributed by atoms with E-state index in [1.165, 1.54) is 5.56 Å². The maximum atomic E-state index is 4.49. The predicted octanol–water partition coefficient (Wildman–Crippen LogP) is 1.48. The van der Waals surface area contributed by atoms with E-state index in [-0.39, 0.29) is 12.4 Å². The highest BCUT2D eigenvalue weighted by Gasteiger charge is 2.15. The first-order valence-electron chi connectivity index (χ1n) is 6.70. The summed E-state index contributed by atoms with van der Waals surface area (Å²) in [6.45, 7) is 6.48. The van der Waals surface area contributed by atoms with Crippen molar-refractivity contribution in [2.45, 2.75) is 19.5 Å². The second-order valence-corrected chi connectivity index (χ2v) is 5.08. The molecule has 0 unspecified atom stereocenters. The Morgan fingerprint density at radius 3 is 2.95 bits per heavy atom. The highest BCUT2D eigenvalue weighted by Crippen LogP contribution is 2.09. The van der Waals surface area contributed by atoms with E-state index in [1.807, 2.05) is 23.0 Å². The molecule has 0 bridgehead atoms. The first-order valence-corrected chi connectivity index (χ1v) is 6.70. The molecule has 20 heavy (non-hydrogen) atoms. The standard InChI is InChI=1S/C14H19N5.ClH/c1-12-9-18(6-5-16-12)10-13-2-3-14(17-8-13)19-7-4-15-11-19;/h2-4,7-8,11-12,16H,5-6,9-10H2,1H3;1H/t12-;/m1./s1. The van der Waals surface area contributed by atoms with E-state index in [0.29, 0.717) is 6.04 Å². The summed E-state index contributed by atoms with van der Waals surface area (Å²) < 4.78 is 1.91. The molecule has 1 saturated heterocycles. The maximum Gasteiger partial charge on any atom is 0.137 e. The van der Waals surface area contributed by atoms with Crippen molar-refractivity contribution in [1.29, 1.82) is 0 Å². The second kappa shape index (κ2) is 6.83. The second-order valence-electron chi connectivity index (χ2n) is 5.08. The van der Waals surface area contributed by atoms with Gasteiger partial charge in [0.05, 0.1) is 0 Å². The lowest BCUT2D eigenvalue weighted by Crippen LogP contribution is -2.48. The smallest absolute Gasteiger partial charge is 0.137 e. The zero-order chi connectivity index (χ0) is 13.1. The van der Waals surface area contributed by atoms with Crippen molar-refractivity contribution in [3.05, 3.63) is 42.6 Å². The summed E-state index contributed by atoms with van der Waals surface area (Å²) in [7, 11) is 0. The molecule has 0 aromatic carbocycles. The Morgan fingerprint density at radius 2 is 2.30 bits per heavy atom. The summed E-state index contributed by atoms with van der Waals surface area (Å²) in [4.78, 5) is 11.0. The number of pyridine rings is 1. The van der Waals surface area contributed by atoms with Crippen LogP contribution in [0, 0.1) is 0 Å². The molecule has 5 nitrogen and oxygen atoms in total. The molecule has 3 heterocycles. The largest absolute Gasteiger partial charge is 0.312 e. The van der Waals surface area contributed by atoms with Gasteiger partial charge in [-0.2, -0.15) is 0 Å². The van der Waals surface area contributed by atoms with Crippen LogP contribution in [0.1, 0.15) is 12.5 Å². The van der Waals surface area contributed by atoms with Crippen molar-refractivity contribution < 1.29 is 0 Å². The fourth-order valence-electron chi connectivity index (χ4n) is 2.47. The third kappa shape index (κ3) is 3.56. The summed E-state index contributed by atoms with van der Waals surface area (Å²) in [6.07, 6.45) is 7.39. The molecule has 0 aliphatic carbocycles. The van der Waals surface area contributed by atoms with Gasteiger partial charge >= 0.3 is 0 Å². The number of halogens is 1. The molecule has 0 saturated carbocycles. The SMILES string of the molecule is C[C@@H]1CN(Cc2ccc(-n3ccnc3)nc2)CCN1.Cl. The minimum Gasteiger partial charge on any atom is -0.312 e. The average Bonchev–Trinajstić information content (AvgIpc) is 2.94. The van der Waals surface area contributed by atoms with E-state index in [4.69, 9.17) is 0 Å². The number of hydrogen-bond acceptors (Lipinski definition) is 4. The molecule has 0 amide bonds. The number of imidazole rings is 1. The van der Waals surface area contributed by atoms with Crippen molar-refractivity contribution >= 4 is 12.4 Å². The van der Waals surface area contributed by atoms with E-state index in [2.05, 4.69) is 33.2 Å². The summed E-state index contributed by atoms with van der Waals surface area (Å²) in [5.74, 6) is 0.912. The van der Waals surface area contributed by atoms with Crippen LogP contribution in [0.15, 0.2) is 37.1 Å². The Bertz CT molecular complexity index is 511. The molecule has 2 aromatic rings. The van der Waals surface area contributed by atoms with Crippen molar-refractivity contribution in [3.63, 3.8) is 0 Å². The number of piperazine rings is 1. The van der Waals surface area contributed by atoms with Crippen LogP contribution < -0.4 is 5.32 Å². The van der Waals surface area contributed by atoms with E-state index in [0.717, 1.165) is 32.0 Å². The normalized spacial score (nSPS) is 19.6. The zero-order valence-electron chi connectivity index (χ0n) is 11.6. The molecule has 1 aliphatic rings. The topological polar surface area (TPSA) is 46.0 Å². The molecule has 108 valence electrons. The number of rotatable bonds is 3. The molecular formula is C14H20ClN5. The Labute approximate surface area is 125 Å². The summed E-state index contributed by atoms with van der Waals surface area (Å²) in [5, 5.41) is 3.46. The molecule has 0 radical (unpaired) electrons. The number of nitrogens with one attached hydrogen (secondary N) is 1. The van der Waals surface area contributed by atoms with E-state index >= 15 is 0 Å². The first kappa shape index (κ1) is 15.0. The molecule has 6 heteroatoms. The first-order chi connectivity index (χ1) is 9.31. The molecule has 3 rings (SSSR count). The fraction of sp³-hybridized carbons (Fsp3) is 0.429. The summed E-state index contributed by atoms with van der Waals surface area (Å²) >= 11 is 0. The molecule has 1 fully saturated rings. The molecule has 1 N–H and O–H groups in total. The monoisotopic (exact) mass is 293 g/mol. The van der Waals surface area contributed by atoms with Gasteiger partial charge in [-0.05, 0) is 18.6 Å². The van der Waals surface area contributed by atoms with Gasteiger partial charge in [0, 0.05) is 50.8 Å². The van der Waals surface area contributed by atoms with Gasteiger partial charge in [0.2, 0.25) is 0 Å². The highest BCUT2D eigenvalue weighted by molar-refractivity contribution is 5.85. The van der Waals surface area contributed by atoms with Gasteiger partial charge in [0.15, 0.2) is 0 Å². The van der Waals surface area contributed by atoms with Crippen LogP contribution in [0.5, 0.6) is 0 Å². The van der Waals surface area contributed by atoms with Crippen LogP contribution in [0.2, 0.25) is 0 Å². The van der Waals surface area contributed by atoms with Gasteiger partial charge in [-0.3, -0.25) is 9.47 Å². The lowest BCUT2D eigenvalue weighted by molar-refractivity contribution is 0.199. The van der Waals surface area contributed by atoms with Crippen LogP contribution in [-0.4, -0.2) is 45.1 Å². The average molecular weight is 294 g/mol. The van der Waals surface area contributed by atoms with E-state index in [1.54, 1.807) is 12.5 Å². The van der Waals surface area contributed by atoms with Gasteiger partial charge in [-0.25, -0.2) is 9.97 Å². The van der Waals surface area contributed by atoms with E-state index in [9.17, 15) is 0 Å². The summed E-state index contributed by atoms with van der Waals surface area (Å²) in [6, 6.07) is 4.77. The van der Waals surface area contributed by atoms with Crippen LogP contribution in [0.4, 0.5) is 0 Å². The maximum absolute atomic E-state index is 4.49. The van der Waals surface area contributed by atoms with Gasteiger partial charge in [0.1, 0.15) is 12.1 Å². The third-order valence-electron chi connectivity index (χ3n) is 3.44. The lowest BCUT2D eigenvalue weighted by Gasteiger charge is -2.31. The highest BCUT2D eigenvalue weighted by atomic mass is 35.5. The van der Waals surface area contributed by atoms with Crippen LogP contribution in [0.25, 0.3) is 5.82 Å². The lowest BCUT2D eigenvalue weighted by atomic mass is 10.2. The van der Waals surface area contributed by atoms with E-state index < -0.39 is 0 Å². The van der Waals surface area contributed by atoms with Crippen molar-refractivity contribution in [1.82, 2.24) is 24.8 Å². The minimum atomic E-state index is 0. The fourth-order valence-corrected chi connectivity index (χ4v) is 2.47. The summed E-state index contributed by atoms with van der Waals surface area (Å²) in [5.41, 5.74) is 1.26. The molecule has 0 spiro atoms. The van der Waals surface area contributed by atoms with Gasteiger partial charge in [0.25, 0.3) is 0 Å². The van der Waals surface area contributed by atoms with Crippen LogP contribution >= 0.6 is 12.4 Å².